The molecule has 2 heterocycles. The van der Waals surface area contributed by atoms with Crippen LogP contribution in [0, 0.1) is 16.6 Å². The number of anilines is 2. The number of aromatic nitrogens is 3. The molecular formula is C22H24FN7O3. The molecule has 0 saturated heterocycles. The van der Waals surface area contributed by atoms with Gasteiger partial charge in [-0.15, -0.1) is 0 Å². The monoisotopic (exact) mass is 453 g/mol. The van der Waals surface area contributed by atoms with Crippen molar-refractivity contribution < 1.29 is 18.8 Å². The molecule has 0 aliphatic carbocycles. The van der Waals surface area contributed by atoms with Gasteiger partial charge in [0.1, 0.15) is 23.5 Å². The lowest BCUT2D eigenvalue weighted by Gasteiger charge is -2.20. The highest BCUT2D eigenvalue weighted by atomic mass is 19.1. The zero-order valence-corrected chi connectivity index (χ0v) is 18.2. The van der Waals surface area contributed by atoms with Crippen molar-refractivity contribution in [2.24, 2.45) is 10.4 Å². The van der Waals surface area contributed by atoms with E-state index in [1.165, 1.54) is 18.5 Å². The number of amides is 1. The third-order valence-corrected chi connectivity index (χ3v) is 4.82. The van der Waals surface area contributed by atoms with Gasteiger partial charge in [-0.1, -0.05) is 23.4 Å². The molecule has 33 heavy (non-hydrogen) atoms. The minimum absolute atomic E-state index is 0.00875. The molecule has 5 N–H and O–H groups in total. The minimum Gasteiger partial charge on any atom is -0.395 e. The van der Waals surface area contributed by atoms with Crippen LogP contribution in [0.15, 0.2) is 52.3 Å². The maximum atomic E-state index is 14.0. The van der Waals surface area contributed by atoms with Crippen LogP contribution in [0.25, 0.3) is 0 Å². The van der Waals surface area contributed by atoms with Crippen molar-refractivity contribution in [3.8, 4) is 0 Å². The maximum absolute atomic E-state index is 14.0. The largest absolute Gasteiger partial charge is 0.395 e. The summed E-state index contributed by atoms with van der Waals surface area (Å²) in [6.45, 7) is 2.86. The molecule has 0 spiro atoms. The fraction of sp³-hybridized carbons (Fsp3) is 0.273. The van der Waals surface area contributed by atoms with E-state index in [4.69, 9.17) is 15.7 Å². The Morgan fingerprint density at radius 3 is 2.73 bits per heavy atom. The zero-order valence-electron chi connectivity index (χ0n) is 18.2. The van der Waals surface area contributed by atoms with Crippen LogP contribution in [0.5, 0.6) is 0 Å². The van der Waals surface area contributed by atoms with Crippen molar-refractivity contribution in [3.05, 3.63) is 65.7 Å². The Morgan fingerprint density at radius 1 is 1.33 bits per heavy atom. The summed E-state index contributed by atoms with van der Waals surface area (Å²) < 4.78 is 18.8. The third kappa shape index (κ3) is 5.83. The zero-order chi connectivity index (χ0) is 24.0. The van der Waals surface area contributed by atoms with Crippen LogP contribution >= 0.6 is 0 Å². The first kappa shape index (κ1) is 23.7. The lowest BCUT2D eigenvalue weighted by molar-refractivity contribution is -0.125. The maximum Gasteiger partial charge on any atom is 0.232 e. The van der Waals surface area contributed by atoms with E-state index in [2.05, 4.69) is 25.4 Å². The average Bonchev–Trinajstić information content (AvgIpc) is 3.33. The molecule has 2 aromatic heterocycles. The number of nitrogens with zero attached hydrogens (tertiary/aromatic N) is 4. The van der Waals surface area contributed by atoms with Gasteiger partial charge in [0.05, 0.1) is 36.2 Å². The number of hydrogen-bond acceptors (Lipinski definition) is 9. The summed E-state index contributed by atoms with van der Waals surface area (Å²) in [6, 6.07) is 7.87. The molecule has 3 aromatic rings. The molecule has 11 heteroatoms. The van der Waals surface area contributed by atoms with E-state index in [1.54, 1.807) is 38.1 Å². The molecule has 0 radical (unpaired) electrons. The number of nitrogens with two attached hydrogens (primary N) is 1. The summed E-state index contributed by atoms with van der Waals surface area (Å²) >= 11 is 0. The van der Waals surface area contributed by atoms with Gasteiger partial charge in [-0.2, -0.15) is 0 Å². The molecule has 172 valence electrons. The summed E-state index contributed by atoms with van der Waals surface area (Å²) in [7, 11) is 0. The molecule has 0 unspecified atom stereocenters. The molecule has 1 aromatic carbocycles. The van der Waals surface area contributed by atoms with Gasteiger partial charge in [0.2, 0.25) is 5.91 Å². The van der Waals surface area contributed by atoms with E-state index in [0.29, 0.717) is 17.0 Å². The quantitative estimate of drug-likeness (QED) is 0.362. The molecule has 0 saturated carbocycles. The second kappa shape index (κ2) is 10.1. The predicted molar refractivity (Wildman–Crippen MR) is 121 cm³/mol. The summed E-state index contributed by atoms with van der Waals surface area (Å²) in [6.07, 6.45) is 2.66. The van der Waals surface area contributed by atoms with Crippen LogP contribution in [0.2, 0.25) is 0 Å². The van der Waals surface area contributed by atoms with Crippen molar-refractivity contribution in [3.63, 3.8) is 0 Å². The molecule has 0 fully saturated rings. The summed E-state index contributed by atoms with van der Waals surface area (Å²) in [5.74, 6) is -0.821. The summed E-state index contributed by atoms with van der Waals surface area (Å²) in [5.41, 5.74) is 6.28. The number of aliphatic hydroxyl groups excluding tert-OH is 1. The third-order valence-electron chi connectivity index (χ3n) is 4.82. The number of aliphatic imine (C=N–C) groups is 1. The van der Waals surface area contributed by atoms with Crippen LogP contribution in [0.4, 0.5) is 15.9 Å². The molecule has 0 atom stereocenters. The van der Waals surface area contributed by atoms with Gasteiger partial charge in [-0.3, -0.25) is 9.79 Å². The number of hydrogen-bond donors (Lipinski definition) is 4. The molecule has 1 amide bonds. The lowest BCUT2D eigenvalue weighted by Crippen LogP contribution is -2.34. The van der Waals surface area contributed by atoms with Crippen LogP contribution in [0.3, 0.4) is 0 Å². The predicted octanol–water partition coefficient (Wildman–Crippen LogP) is 2.59. The van der Waals surface area contributed by atoms with Crippen LogP contribution in [-0.2, 0) is 11.3 Å². The van der Waals surface area contributed by atoms with Gasteiger partial charge in [-0.05, 0) is 19.9 Å². The standard InChI is InChI=1S/C22H24FN7O3/c1-22(2,12-31)21(32)28-18-11-27-20(29-19(18)25)15(24)9-17(16-7-8-33-30-16)26-10-13-5-3-4-6-14(13)23/h3-8,11,24,31H,9-10,12H2,1-2H3,(H,28,32)(H2,25,27,29). The molecule has 0 aliphatic rings. The summed E-state index contributed by atoms with van der Waals surface area (Å²) in [4.78, 5) is 24.9. The second-order valence-corrected chi connectivity index (χ2v) is 7.88. The van der Waals surface area contributed by atoms with Crippen LogP contribution in [0.1, 0.15) is 37.4 Å². The van der Waals surface area contributed by atoms with Crippen molar-refractivity contribution in [1.82, 2.24) is 15.1 Å². The van der Waals surface area contributed by atoms with Crippen molar-refractivity contribution in [1.29, 1.82) is 5.41 Å². The molecule has 0 aliphatic heterocycles. The Hall–Kier alpha value is -3.99. The fourth-order valence-electron chi connectivity index (χ4n) is 2.64. The van der Waals surface area contributed by atoms with E-state index in [-0.39, 0.29) is 48.4 Å². The van der Waals surface area contributed by atoms with E-state index < -0.39 is 11.3 Å². The highest BCUT2D eigenvalue weighted by Crippen LogP contribution is 2.21. The van der Waals surface area contributed by atoms with Gasteiger partial charge in [0.15, 0.2) is 11.6 Å². The smallest absolute Gasteiger partial charge is 0.232 e. The molecule has 0 bridgehead atoms. The molecular weight excluding hydrogens is 429 g/mol. The number of benzene rings is 1. The number of carbonyl (C=O) groups is 1. The summed E-state index contributed by atoms with van der Waals surface area (Å²) in [5, 5.41) is 24.2. The van der Waals surface area contributed by atoms with Crippen molar-refractivity contribution in [2.45, 2.75) is 26.8 Å². The Balaban J connectivity index is 1.78. The van der Waals surface area contributed by atoms with Crippen LogP contribution in [-0.4, -0.2) is 44.2 Å². The first-order valence-electron chi connectivity index (χ1n) is 10.0. The van der Waals surface area contributed by atoms with Gasteiger partial charge in [-0.25, -0.2) is 14.4 Å². The Labute approximate surface area is 189 Å². The van der Waals surface area contributed by atoms with E-state index in [9.17, 15) is 14.3 Å². The topological polar surface area (TPSA) is 163 Å². The van der Waals surface area contributed by atoms with Crippen molar-refractivity contribution >= 4 is 28.8 Å². The number of nitrogen functional groups attached to an aromatic ring is 1. The van der Waals surface area contributed by atoms with E-state index >= 15 is 0 Å². The van der Waals surface area contributed by atoms with E-state index in [1.807, 2.05) is 0 Å². The first-order chi connectivity index (χ1) is 15.7. The number of aliphatic hydroxyl groups is 1. The number of carbonyl (C=O) groups excluding carboxylic acids is 1. The van der Waals surface area contributed by atoms with Crippen LogP contribution < -0.4 is 11.1 Å². The van der Waals surface area contributed by atoms with Gasteiger partial charge in [0, 0.05) is 18.1 Å². The molecule has 10 nitrogen and oxygen atoms in total. The molecule has 3 rings (SSSR count). The number of halogens is 1. The van der Waals surface area contributed by atoms with E-state index in [0.717, 1.165) is 0 Å². The fourth-order valence-corrected chi connectivity index (χ4v) is 2.64. The second-order valence-electron chi connectivity index (χ2n) is 7.88. The number of nitrogens with one attached hydrogen (secondary N) is 2. The Kier molecular flexibility index (Phi) is 7.23. The van der Waals surface area contributed by atoms with Gasteiger partial charge in [0.25, 0.3) is 0 Å². The Morgan fingerprint density at radius 2 is 2.09 bits per heavy atom. The van der Waals surface area contributed by atoms with Gasteiger partial charge < -0.3 is 26.1 Å². The highest BCUT2D eigenvalue weighted by molar-refractivity contribution is 6.15. The first-order valence-corrected chi connectivity index (χ1v) is 10.0. The Bertz CT molecular complexity index is 1180. The lowest BCUT2D eigenvalue weighted by atomic mass is 9.94. The number of rotatable bonds is 9. The average molecular weight is 453 g/mol. The van der Waals surface area contributed by atoms with Crippen molar-refractivity contribution in [2.75, 3.05) is 17.7 Å². The highest BCUT2D eigenvalue weighted by Gasteiger charge is 2.27. The van der Waals surface area contributed by atoms with Gasteiger partial charge >= 0.3 is 0 Å². The minimum atomic E-state index is -1.01. The normalized spacial score (nSPS) is 11.9. The SMILES string of the molecule is CC(C)(CO)C(=O)Nc1cnc(C(=N)CC(=NCc2ccccc2F)c2ccon2)nc1N.